The number of hydrogen-bond acceptors (Lipinski definition) is 4. The third kappa shape index (κ3) is 2.39. The number of aryl methyl sites for hydroxylation is 1. The van der Waals surface area contributed by atoms with Crippen molar-refractivity contribution in [2.45, 2.75) is 58.1 Å². The largest absolute Gasteiger partial charge is 0.367 e. The van der Waals surface area contributed by atoms with Crippen LogP contribution in [0.5, 0.6) is 0 Å². The van der Waals surface area contributed by atoms with Crippen LogP contribution >= 0.6 is 0 Å². The van der Waals surface area contributed by atoms with Crippen LogP contribution in [0.1, 0.15) is 55.9 Å². The molecule has 2 aliphatic rings. The van der Waals surface area contributed by atoms with Crippen molar-refractivity contribution in [3.05, 3.63) is 22.8 Å². The van der Waals surface area contributed by atoms with Crippen LogP contribution in [0.3, 0.4) is 0 Å². The first-order chi connectivity index (χ1) is 9.23. The van der Waals surface area contributed by atoms with E-state index in [9.17, 15) is 0 Å². The van der Waals surface area contributed by atoms with Crippen molar-refractivity contribution in [1.29, 1.82) is 0 Å². The van der Waals surface area contributed by atoms with E-state index >= 15 is 0 Å². The maximum Gasteiger partial charge on any atom is 0.160 e. The summed E-state index contributed by atoms with van der Waals surface area (Å²) in [6.07, 6.45) is 5.42. The van der Waals surface area contributed by atoms with Gasteiger partial charge < -0.3 is 10.1 Å². The lowest BCUT2D eigenvalue weighted by Gasteiger charge is -2.33. The molecule has 1 aromatic heterocycles. The van der Waals surface area contributed by atoms with Crippen molar-refractivity contribution in [2.24, 2.45) is 0 Å². The standard InChI is InChI=1S/C15H23N3O/c1-3-12-11-6-8-16-10-13(11)18-14(17-12)15(2)7-4-5-9-19-15/h16H,3-10H2,1-2H3. The zero-order valence-electron chi connectivity index (χ0n) is 12.0. The molecule has 1 N–H and O–H groups in total. The van der Waals surface area contributed by atoms with E-state index < -0.39 is 0 Å². The molecule has 0 radical (unpaired) electrons. The zero-order valence-corrected chi connectivity index (χ0v) is 12.0. The minimum Gasteiger partial charge on any atom is -0.367 e. The number of nitrogens with one attached hydrogen (secondary N) is 1. The molecule has 3 rings (SSSR count). The molecule has 0 aromatic carbocycles. The smallest absolute Gasteiger partial charge is 0.160 e. The SMILES string of the molecule is CCc1nc(C2(C)CCCCO2)nc2c1CCNC2. The van der Waals surface area contributed by atoms with Gasteiger partial charge >= 0.3 is 0 Å². The van der Waals surface area contributed by atoms with Gasteiger partial charge in [0, 0.05) is 18.8 Å². The van der Waals surface area contributed by atoms with Gasteiger partial charge in [-0.05, 0) is 51.1 Å². The van der Waals surface area contributed by atoms with Gasteiger partial charge in [-0.25, -0.2) is 9.97 Å². The molecule has 19 heavy (non-hydrogen) atoms. The van der Waals surface area contributed by atoms with Crippen LogP contribution in [0, 0.1) is 0 Å². The third-order valence-corrected chi connectivity index (χ3v) is 4.30. The molecule has 0 aliphatic carbocycles. The first kappa shape index (κ1) is 13.0. The predicted octanol–water partition coefficient (Wildman–Crippen LogP) is 2.10. The Labute approximate surface area is 115 Å². The summed E-state index contributed by atoms with van der Waals surface area (Å²) < 4.78 is 6.00. The van der Waals surface area contributed by atoms with Gasteiger partial charge in [0.1, 0.15) is 5.60 Å². The highest BCUT2D eigenvalue weighted by atomic mass is 16.5. The molecule has 3 heterocycles. The Morgan fingerprint density at radius 3 is 2.95 bits per heavy atom. The zero-order chi connectivity index (χ0) is 13.3. The Bertz CT molecular complexity index is 449. The van der Waals surface area contributed by atoms with Crippen LogP contribution in [-0.4, -0.2) is 23.1 Å². The van der Waals surface area contributed by atoms with Gasteiger partial charge in [-0.2, -0.15) is 0 Å². The van der Waals surface area contributed by atoms with E-state index in [-0.39, 0.29) is 5.60 Å². The van der Waals surface area contributed by atoms with E-state index in [1.807, 2.05) is 0 Å². The van der Waals surface area contributed by atoms with Crippen molar-refractivity contribution in [2.75, 3.05) is 13.2 Å². The molecule has 1 saturated heterocycles. The number of fused-ring (bicyclic) bond motifs is 1. The first-order valence-corrected chi connectivity index (χ1v) is 7.47. The Balaban J connectivity index is 2.02. The molecule has 1 fully saturated rings. The Hall–Kier alpha value is -1.00. The topological polar surface area (TPSA) is 47.0 Å². The molecule has 4 nitrogen and oxygen atoms in total. The maximum absolute atomic E-state index is 6.00. The van der Waals surface area contributed by atoms with Crippen molar-refractivity contribution >= 4 is 0 Å². The van der Waals surface area contributed by atoms with Crippen LogP contribution in [0.25, 0.3) is 0 Å². The van der Waals surface area contributed by atoms with E-state index in [0.29, 0.717) is 0 Å². The summed E-state index contributed by atoms with van der Waals surface area (Å²) in [4.78, 5) is 9.65. The van der Waals surface area contributed by atoms with Gasteiger partial charge in [0.25, 0.3) is 0 Å². The van der Waals surface area contributed by atoms with Crippen molar-refractivity contribution in [3.8, 4) is 0 Å². The molecule has 1 aromatic rings. The molecule has 104 valence electrons. The number of aromatic nitrogens is 2. The van der Waals surface area contributed by atoms with Crippen molar-refractivity contribution in [3.63, 3.8) is 0 Å². The number of ether oxygens (including phenoxy) is 1. The fraction of sp³-hybridized carbons (Fsp3) is 0.733. The second kappa shape index (κ2) is 5.17. The minimum absolute atomic E-state index is 0.283. The number of rotatable bonds is 2. The van der Waals surface area contributed by atoms with Gasteiger partial charge in [0.05, 0.1) is 5.69 Å². The van der Waals surface area contributed by atoms with Crippen LogP contribution < -0.4 is 5.32 Å². The van der Waals surface area contributed by atoms with Gasteiger partial charge in [0.15, 0.2) is 5.82 Å². The monoisotopic (exact) mass is 261 g/mol. The van der Waals surface area contributed by atoms with Gasteiger partial charge in [0.2, 0.25) is 0 Å². The fourth-order valence-electron chi connectivity index (χ4n) is 3.08. The van der Waals surface area contributed by atoms with E-state index in [4.69, 9.17) is 14.7 Å². The second-order valence-corrected chi connectivity index (χ2v) is 5.74. The lowest BCUT2D eigenvalue weighted by Crippen LogP contribution is -2.35. The Morgan fingerprint density at radius 2 is 2.21 bits per heavy atom. The molecular weight excluding hydrogens is 238 g/mol. The van der Waals surface area contributed by atoms with Crippen LogP contribution in [0.2, 0.25) is 0 Å². The van der Waals surface area contributed by atoms with E-state index in [2.05, 4.69) is 19.2 Å². The summed E-state index contributed by atoms with van der Waals surface area (Å²) in [5.41, 5.74) is 3.49. The second-order valence-electron chi connectivity index (χ2n) is 5.74. The third-order valence-electron chi connectivity index (χ3n) is 4.30. The lowest BCUT2D eigenvalue weighted by molar-refractivity contribution is -0.0763. The summed E-state index contributed by atoms with van der Waals surface area (Å²) >= 11 is 0. The fourth-order valence-corrected chi connectivity index (χ4v) is 3.08. The highest BCUT2D eigenvalue weighted by Crippen LogP contribution is 2.33. The van der Waals surface area contributed by atoms with Crippen LogP contribution in [0.15, 0.2) is 0 Å². The average molecular weight is 261 g/mol. The van der Waals surface area contributed by atoms with E-state index in [0.717, 1.165) is 51.2 Å². The van der Waals surface area contributed by atoms with Crippen LogP contribution in [0.4, 0.5) is 0 Å². The van der Waals surface area contributed by atoms with Crippen molar-refractivity contribution in [1.82, 2.24) is 15.3 Å². The summed E-state index contributed by atoms with van der Waals surface area (Å²) in [5.74, 6) is 0.895. The molecule has 0 saturated carbocycles. The van der Waals surface area contributed by atoms with Gasteiger partial charge in [-0.15, -0.1) is 0 Å². The predicted molar refractivity (Wildman–Crippen MR) is 74.0 cm³/mol. The Morgan fingerprint density at radius 1 is 1.32 bits per heavy atom. The average Bonchev–Trinajstić information content (AvgIpc) is 2.47. The molecular formula is C15H23N3O. The maximum atomic E-state index is 6.00. The Kier molecular flexibility index (Phi) is 3.54. The van der Waals surface area contributed by atoms with Gasteiger partial charge in [-0.1, -0.05) is 6.92 Å². The number of nitrogens with zero attached hydrogens (tertiary/aromatic N) is 2. The molecule has 0 amide bonds. The molecule has 4 heteroatoms. The van der Waals surface area contributed by atoms with E-state index in [1.165, 1.54) is 23.4 Å². The van der Waals surface area contributed by atoms with Gasteiger partial charge in [-0.3, -0.25) is 0 Å². The molecule has 1 unspecified atom stereocenters. The number of hydrogen-bond donors (Lipinski definition) is 1. The summed E-state index contributed by atoms with van der Waals surface area (Å²) in [7, 11) is 0. The molecule has 1 atom stereocenters. The molecule has 0 spiro atoms. The first-order valence-electron chi connectivity index (χ1n) is 7.47. The quantitative estimate of drug-likeness (QED) is 0.885. The summed E-state index contributed by atoms with van der Waals surface area (Å²) in [6.45, 7) is 7.06. The summed E-state index contributed by atoms with van der Waals surface area (Å²) in [5, 5.41) is 3.40. The highest BCUT2D eigenvalue weighted by Gasteiger charge is 2.34. The molecule has 0 bridgehead atoms. The van der Waals surface area contributed by atoms with E-state index in [1.54, 1.807) is 0 Å². The highest BCUT2D eigenvalue weighted by molar-refractivity contribution is 5.29. The van der Waals surface area contributed by atoms with Crippen molar-refractivity contribution < 1.29 is 4.74 Å². The minimum atomic E-state index is -0.283. The lowest BCUT2D eigenvalue weighted by atomic mass is 9.93. The van der Waals surface area contributed by atoms with Crippen LogP contribution in [-0.2, 0) is 29.7 Å². The normalized spacial score (nSPS) is 27.1. The molecule has 2 aliphatic heterocycles. The summed E-state index contributed by atoms with van der Waals surface area (Å²) in [6, 6.07) is 0.